The summed E-state index contributed by atoms with van der Waals surface area (Å²) in [5.41, 5.74) is 2.23. The van der Waals surface area contributed by atoms with E-state index in [9.17, 15) is 0 Å². The monoisotopic (exact) mass is 296 g/mol. The van der Waals surface area contributed by atoms with E-state index in [4.69, 9.17) is 11.6 Å². The Kier molecular flexibility index (Phi) is 3.41. The van der Waals surface area contributed by atoms with Crippen LogP contribution < -0.4 is 0 Å². The van der Waals surface area contributed by atoms with Gasteiger partial charge in [-0.1, -0.05) is 49.5 Å². The van der Waals surface area contributed by atoms with Gasteiger partial charge < -0.3 is 0 Å². The molecule has 0 unspecified atom stereocenters. The Morgan fingerprint density at radius 2 is 2.09 bits per heavy atom. The van der Waals surface area contributed by atoms with Crippen molar-refractivity contribution in [3.63, 3.8) is 0 Å². The second kappa shape index (κ2) is 3.92. The van der Waals surface area contributed by atoms with Crippen LogP contribution in [0.3, 0.4) is 0 Å². The molecule has 0 nitrogen and oxygen atoms in total. The second-order valence-electron chi connectivity index (χ2n) is 2.29. The van der Waals surface area contributed by atoms with Crippen molar-refractivity contribution in [3.05, 3.63) is 32.8 Å². The Bertz CT molecular complexity index is 271. The lowest BCUT2D eigenvalue weighted by atomic mass is 10.2. The Balaban J connectivity index is 3.29. The number of hydrogen-bond acceptors (Lipinski definition) is 0. The Morgan fingerprint density at radius 1 is 1.45 bits per heavy atom. The molecule has 60 valence electrons. The standard InChI is InChI=1S/C8H7Br2Cl/c1-5-2-3-7(10)6(4-9)8(5)11/h2-3H,4H2,1H3. The predicted molar refractivity (Wildman–Crippen MR) is 56.5 cm³/mol. The summed E-state index contributed by atoms with van der Waals surface area (Å²) in [7, 11) is 0. The van der Waals surface area contributed by atoms with Crippen LogP contribution in [0.25, 0.3) is 0 Å². The fourth-order valence-electron chi connectivity index (χ4n) is 0.837. The van der Waals surface area contributed by atoms with Crippen LogP contribution in [-0.2, 0) is 5.33 Å². The van der Waals surface area contributed by atoms with E-state index in [0.717, 1.165) is 26.0 Å². The quantitative estimate of drug-likeness (QED) is 0.678. The zero-order chi connectivity index (χ0) is 8.43. The minimum Gasteiger partial charge on any atom is -0.0875 e. The van der Waals surface area contributed by atoms with Crippen LogP contribution >= 0.6 is 43.5 Å². The molecule has 0 fully saturated rings. The molecule has 0 bridgehead atoms. The minimum atomic E-state index is 0.786. The highest BCUT2D eigenvalue weighted by Crippen LogP contribution is 2.29. The zero-order valence-electron chi connectivity index (χ0n) is 6.00. The topological polar surface area (TPSA) is 0 Å². The largest absolute Gasteiger partial charge is 0.0875 e. The second-order valence-corrected chi connectivity index (χ2v) is 4.08. The lowest BCUT2D eigenvalue weighted by Gasteiger charge is -2.05. The van der Waals surface area contributed by atoms with Crippen LogP contribution in [0.5, 0.6) is 0 Å². The molecule has 0 saturated carbocycles. The van der Waals surface area contributed by atoms with E-state index in [1.54, 1.807) is 0 Å². The number of hydrogen-bond donors (Lipinski definition) is 0. The average Bonchev–Trinajstić information content (AvgIpc) is 1.99. The molecule has 1 rings (SSSR count). The molecule has 0 aromatic heterocycles. The van der Waals surface area contributed by atoms with Gasteiger partial charge in [0.25, 0.3) is 0 Å². The summed E-state index contributed by atoms with van der Waals surface area (Å²) in [5, 5.41) is 1.63. The molecule has 0 aliphatic rings. The highest BCUT2D eigenvalue weighted by atomic mass is 79.9. The molecule has 11 heavy (non-hydrogen) atoms. The first-order valence-electron chi connectivity index (χ1n) is 3.16. The van der Waals surface area contributed by atoms with Crippen molar-refractivity contribution >= 4 is 43.5 Å². The van der Waals surface area contributed by atoms with Crippen molar-refractivity contribution in [1.82, 2.24) is 0 Å². The van der Waals surface area contributed by atoms with Crippen LogP contribution in [0.1, 0.15) is 11.1 Å². The van der Waals surface area contributed by atoms with Gasteiger partial charge in [-0.05, 0) is 24.1 Å². The first-order chi connectivity index (χ1) is 5.16. The van der Waals surface area contributed by atoms with E-state index in [-0.39, 0.29) is 0 Å². The molecule has 0 aliphatic carbocycles. The van der Waals surface area contributed by atoms with Crippen molar-refractivity contribution in [2.45, 2.75) is 12.3 Å². The van der Waals surface area contributed by atoms with E-state index >= 15 is 0 Å². The molecule has 0 amide bonds. The van der Waals surface area contributed by atoms with Crippen LogP contribution in [0.2, 0.25) is 5.02 Å². The van der Waals surface area contributed by atoms with Gasteiger partial charge in [0.15, 0.2) is 0 Å². The maximum Gasteiger partial charge on any atom is 0.0486 e. The Morgan fingerprint density at radius 3 is 2.55 bits per heavy atom. The lowest BCUT2D eigenvalue weighted by molar-refractivity contribution is 1.34. The highest BCUT2D eigenvalue weighted by Gasteiger charge is 2.05. The van der Waals surface area contributed by atoms with E-state index in [1.165, 1.54) is 0 Å². The number of aryl methyl sites for hydroxylation is 1. The Hall–Kier alpha value is 0.470. The summed E-state index contributed by atoms with van der Waals surface area (Å²) in [6, 6.07) is 4.01. The van der Waals surface area contributed by atoms with Crippen LogP contribution in [-0.4, -0.2) is 0 Å². The first kappa shape index (κ1) is 9.56. The van der Waals surface area contributed by atoms with E-state index in [0.29, 0.717) is 0 Å². The van der Waals surface area contributed by atoms with Crippen molar-refractivity contribution in [1.29, 1.82) is 0 Å². The normalized spacial score (nSPS) is 10.2. The molecule has 0 atom stereocenters. The first-order valence-corrected chi connectivity index (χ1v) is 5.45. The van der Waals surface area contributed by atoms with Crippen molar-refractivity contribution in [2.75, 3.05) is 0 Å². The van der Waals surface area contributed by atoms with Gasteiger partial charge in [-0.25, -0.2) is 0 Å². The van der Waals surface area contributed by atoms with Crippen molar-refractivity contribution in [3.8, 4) is 0 Å². The van der Waals surface area contributed by atoms with Crippen molar-refractivity contribution < 1.29 is 0 Å². The molecule has 0 spiro atoms. The molecule has 1 aromatic rings. The lowest BCUT2D eigenvalue weighted by Crippen LogP contribution is -1.85. The van der Waals surface area contributed by atoms with Gasteiger partial charge in [0.05, 0.1) is 0 Å². The van der Waals surface area contributed by atoms with Gasteiger partial charge in [0.2, 0.25) is 0 Å². The molecule has 3 heteroatoms. The average molecular weight is 298 g/mol. The van der Waals surface area contributed by atoms with Gasteiger partial charge in [0, 0.05) is 14.8 Å². The third-order valence-corrected chi connectivity index (χ3v) is 3.34. The molecule has 0 heterocycles. The SMILES string of the molecule is Cc1ccc(Br)c(CBr)c1Cl. The molecule has 0 N–H and O–H groups in total. The number of alkyl halides is 1. The van der Waals surface area contributed by atoms with E-state index in [1.807, 2.05) is 19.1 Å². The summed E-state index contributed by atoms with van der Waals surface area (Å²) in [5.74, 6) is 0. The third-order valence-electron chi connectivity index (χ3n) is 1.51. The predicted octanol–water partition coefficient (Wildman–Crippen LogP) is 4.31. The van der Waals surface area contributed by atoms with Gasteiger partial charge in [-0.15, -0.1) is 0 Å². The molecule has 0 radical (unpaired) electrons. The maximum atomic E-state index is 6.04. The van der Waals surface area contributed by atoms with Crippen LogP contribution in [0, 0.1) is 6.92 Å². The Labute approximate surface area is 88.2 Å². The molecule has 1 aromatic carbocycles. The smallest absolute Gasteiger partial charge is 0.0486 e. The summed E-state index contributed by atoms with van der Waals surface area (Å²) < 4.78 is 1.06. The summed E-state index contributed by atoms with van der Waals surface area (Å²) in [6.07, 6.45) is 0. The third kappa shape index (κ3) is 1.98. The molecule has 0 aliphatic heterocycles. The van der Waals surface area contributed by atoms with Gasteiger partial charge >= 0.3 is 0 Å². The van der Waals surface area contributed by atoms with E-state index < -0.39 is 0 Å². The summed E-state index contributed by atoms with van der Waals surface area (Å²) in [6.45, 7) is 2.00. The summed E-state index contributed by atoms with van der Waals surface area (Å²) in [4.78, 5) is 0. The van der Waals surface area contributed by atoms with Gasteiger partial charge in [-0.2, -0.15) is 0 Å². The maximum absolute atomic E-state index is 6.04. The van der Waals surface area contributed by atoms with Gasteiger partial charge in [0.1, 0.15) is 0 Å². The van der Waals surface area contributed by atoms with Crippen molar-refractivity contribution in [2.24, 2.45) is 0 Å². The van der Waals surface area contributed by atoms with E-state index in [2.05, 4.69) is 31.9 Å². The molecular formula is C8H7Br2Cl. The highest BCUT2D eigenvalue weighted by molar-refractivity contribution is 9.10. The summed E-state index contributed by atoms with van der Waals surface area (Å²) >= 11 is 12.8. The zero-order valence-corrected chi connectivity index (χ0v) is 9.92. The van der Waals surface area contributed by atoms with Crippen LogP contribution in [0.4, 0.5) is 0 Å². The molecular weight excluding hydrogens is 291 g/mol. The fraction of sp³-hybridized carbons (Fsp3) is 0.250. The fourth-order valence-corrected chi connectivity index (χ4v) is 2.77. The number of rotatable bonds is 1. The van der Waals surface area contributed by atoms with Gasteiger partial charge in [-0.3, -0.25) is 0 Å². The number of halogens is 3. The minimum absolute atomic E-state index is 0.786. The van der Waals surface area contributed by atoms with Crippen LogP contribution in [0.15, 0.2) is 16.6 Å². The number of benzene rings is 1. The molecule has 0 saturated heterocycles.